The van der Waals surface area contributed by atoms with E-state index in [1.165, 1.54) is 6.42 Å². The molecule has 0 radical (unpaired) electrons. The summed E-state index contributed by atoms with van der Waals surface area (Å²) in [6, 6.07) is 0. The van der Waals surface area contributed by atoms with Crippen molar-refractivity contribution in [3.63, 3.8) is 0 Å². The van der Waals surface area contributed by atoms with Crippen LogP contribution in [0.2, 0.25) is 0 Å². The van der Waals surface area contributed by atoms with Crippen LogP contribution in [0.15, 0.2) is 11.6 Å². The molecule has 20 heavy (non-hydrogen) atoms. The van der Waals surface area contributed by atoms with E-state index in [0.29, 0.717) is 5.92 Å². The van der Waals surface area contributed by atoms with Gasteiger partial charge in [-0.2, -0.15) is 0 Å². The number of rotatable bonds is 4. The summed E-state index contributed by atoms with van der Waals surface area (Å²) >= 11 is 1.71. The minimum atomic E-state index is -0.154. The Kier molecular flexibility index (Phi) is 4.58. The van der Waals surface area contributed by atoms with Crippen molar-refractivity contribution < 1.29 is 5.11 Å². The van der Waals surface area contributed by atoms with Gasteiger partial charge in [0.15, 0.2) is 5.13 Å². The fraction of sp³-hybridized carbons (Fsp3) is 0.800. The molecule has 2 aliphatic rings. The Bertz CT molecular complexity index is 403. The third-order valence-electron chi connectivity index (χ3n) is 4.73. The molecule has 112 valence electrons. The third-order valence-corrected chi connectivity index (χ3v) is 5.56. The van der Waals surface area contributed by atoms with E-state index in [1.54, 1.807) is 11.3 Å². The summed E-state index contributed by atoms with van der Waals surface area (Å²) in [5.41, 5.74) is 0. The van der Waals surface area contributed by atoms with Crippen molar-refractivity contribution in [1.82, 2.24) is 9.88 Å². The predicted molar refractivity (Wildman–Crippen MR) is 83.3 cm³/mol. The first-order valence-electron chi connectivity index (χ1n) is 7.77. The Morgan fingerprint density at radius 2 is 2.15 bits per heavy atom. The molecule has 2 fully saturated rings. The molecule has 1 aromatic rings. The van der Waals surface area contributed by atoms with Gasteiger partial charge in [0.1, 0.15) is 0 Å². The summed E-state index contributed by atoms with van der Waals surface area (Å²) in [5, 5.41) is 13.6. The van der Waals surface area contributed by atoms with Crippen LogP contribution >= 0.6 is 11.3 Å². The van der Waals surface area contributed by atoms with Crippen LogP contribution in [0.4, 0.5) is 5.13 Å². The van der Waals surface area contributed by atoms with Crippen LogP contribution in [0, 0.1) is 11.8 Å². The summed E-state index contributed by atoms with van der Waals surface area (Å²) in [6.45, 7) is 7.56. The Hall–Kier alpha value is -0.650. The highest BCUT2D eigenvalue weighted by Crippen LogP contribution is 2.27. The number of nitrogens with zero attached hydrogens (tertiary/aromatic N) is 3. The largest absolute Gasteiger partial charge is 0.392 e. The van der Waals surface area contributed by atoms with Gasteiger partial charge in [-0.25, -0.2) is 4.98 Å². The maximum Gasteiger partial charge on any atom is 0.185 e. The van der Waals surface area contributed by atoms with Gasteiger partial charge >= 0.3 is 0 Å². The highest BCUT2D eigenvalue weighted by molar-refractivity contribution is 7.13. The molecule has 4 nitrogen and oxygen atoms in total. The molecule has 0 aliphatic carbocycles. The number of thiazole rings is 1. The van der Waals surface area contributed by atoms with Crippen LogP contribution in [0.25, 0.3) is 0 Å². The van der Waals surface area contributed by atoms with Gasteiger partial charge in [0.05, 0.1) is 6.10 Å². The molecule has 3 heterocycles. The number of anilines is 1. The SMILES string of the molecule is C[C@H]1CCN(CC(O)C2CCN(c3nccs3)CC2)C1. The lowest BCUT2D eigenvalue weighted by atomic mass is 9.91. The van der Waals surface area contributed by atoms with Crippen LogP contribution in [0.5, 0.6) is 0 Å². The fourth-order valence-corrected chi connectivity index (χ4v) is 4.15. The van der Waals surface area contributed by atoms with Gasteiger partial charge in [-0.3, -0.25) is 0 Å². The van der Waals surface area contributed by atoms with Crippen LogP contribution < -0.4 is 4.90 Å². The second-order valence-electron chi connectivity index (χ2n) is 6.36. The lowest BCUT2D eigenvalue weighted by Crippen LogP contribution is -2.42. The van der Waals surface area contributed by atoms with E-state index in [9.17, 15) is 5.11 Å². The summed E-state index contributed by atoms with van der Waals surface area (Å²) < 4.78 is 0. The average Bonchev–Trinajstić information content (AvgIpc) is 3.11. The van der Waals surface area contributed by atoms with Crippen LogP contribution in [-0.2, 0) is 0 Å². The van der Waals surface area contributed by atoms with Crippen molar-refractivity contribution >= 4 is 16.5 Å². The maximum atomic E-state index is 10.5. The number of aliphatic hydroxyl groups excluding tert-OH is 1. The highest BCUT2D eigenvalue weighted by Gasteiger charge is 2.29. The minimum Gasteiger partial charge on any atom is -0.392 e. The molecule has 1 N–H and O–H groups in total. The van der Waals surface area contributed by atoms with E-state index in [2.05, 4.69) is 21.7 Å². The van der Waals surface area contributed by atoms with Crippen LogP contribution in [-0.4, -0.2) is 53.8 Å². The minimum absolute atomic E-state index is 0.154. The van der Waals surface area contributed by atoms with Crippen LogP contribution in [0.3, 0.4) is 0 Å². The van der Waals surface area contributed by atoms with E-state index in [0.717, 1.165) is 56.6 Å². The topological polar surface area (TPSA) is 39.6 Å². The highest BCUT2D eigenvalue weighted by atomic mass is 32.1. The fourth-order valence-electron chi connectivity index (χ4n) is 3.45. The molecular formula is C15H25N3OS. The van der Waals surface area contributed by atoms with Crippen molar-refractivity contribution in [2.75, 3.05) is 37.6 Å². The molecule has 1 aromatic heterocycles. The predicted octanol–water partition coefficient (Wildman–Crippen LogP) is 2.06. The molecule has 3 rings (SSSR count). The van der Waals surface area contributed by atoms with E-state index in [4.69, 9.17) is 0 Å². The van der Waals surface area contributed by atoms with E-state index >= 15 is 0 Å². The van der Waals surface area contributed by atoms with Gasteiger partial charge in [0.25, 0.3) is 0 Å². The molecule has 0 spiro atoms. The summed E-state index contributed by atoms with van der Waals surface area (Å²) in [7, 11) is 0. The smallest absolute Gasteiger partial charge is 0.185 e. The number of piperidine rings is 1. The molecule has 1 unspecified atom stereocenters. The van der Waals surface area contributed by atoms with E-state index in [-0.39, 0.29) is 6.10 Å². The van der Waals surface area contributed by atoms with Crippen molar-refractivity contribution in [3.05, 3.63) is 11.6 Å². The second-order valence-corrected chi connectivity index (χ2v) is 7.23. The van der Waals surface area contributed by atoms with Crippen molar-refractivity contribution in [3.8, 4) is 0 Å². The number of aromatic nitrogens is 1. The standard InChI is InChI=1S/C15H25N3OS/c1-12-2-6-17(10-12)11-14(19)13-3-7-18(8-4-13)15-16-5-9-20-15/h5,9,12-14,19H,2-4,6-8,10-11H2,1H3/t12-,14?/m0/s1. The molecule has 0 aromatic carbocycles. The van der Waals surface area contributed by atoms with Gasteiger partial charge in [-0.1, -0.05) is 6.92 Å². The van der Waals surface area contributed by atoms with Crippen LogP contribution in [0.1, 0.15) is 26.2 Å². The van der Waals surface area contributed by atoms with Crippen molar-refractivity contribution in [2.45, 2.75) is 32.3 Å². The Morgan fingerprint density at radius 3 is 2.75 bits per heavy atom. The van der Waals surface area contributed by atoms with Gasteiger partial charge in [-0.15, -0.1) is 11.3 Å². The van der Waals surface area contributed by atoms with E-state index < -0.39 is 0 Å². The van der Waals surface area contributed by atoms with Crippen molar-refractivity contribution in [1.29, 1.82) is 0 Å². The molecule has 2 saturated heterocycles. The number of β-amino-alcohol motifs (C(OH)–C–C–N with tert-alkyl or cyclic N) is 1. The zero-order valence-corrected chi connectivity index (χ0v) is 13.1. The first-order chi connectivity index (χ1) is 9.72. The molecule has 2 aliphatic heterocycles. The number of likely N-dealkylation sites (tertiary alicyclic amines) is 1. The number of aliphatic hydroxyl groups is 1. The molecule has 0 bridgehead atoms. The Balaban J connectivity index is 1.45. The van der Waals surface area contributed by atoms with E-state index in [1.807, 2.05) is 11.6 Å². The van der Waals surface area contributed by atoms with Gasteiger partial charge in [0.2, 0.25) is 0 Å². The summed E-state index contributed by atoms with van der Waals surface area (Å²) in [6.07, 6.45) is 5.18. The summed E-state index contributed by atoms with van der Waals surface area (Å²) in [4.78, 5) is 9.16. The maximum absolute atomic E-state index is 10.5. The Morgan fingerprint density at radius 1 is 1.35 bits per heavy atom. The van der Waals surface area contributed by atoms with Gasteiger partial charge < -0.3 is 14.9 Å². The molecule has 5 heteroatoms. The first kappa shape index (κ1) is 14.3. The lowest BCUT2D eigenvalue weighted by Gasteiger charge is -2.35. The zero-order chi connectivity index (χ0) is 13.9. The third kappa shape index (κ3) is 3.32. The quantitative estimate of drug-likeness (QED) is 0.923. The normalized spacial score (nSPS) is 27.1. The molecular weight excluding hydrogens is 270 g/mol. The van der Waals surface area contributed by atoms with Gasteiger partial charge in [0, 0.05) is 37.8 Å². The molecule has 2 atom stereocenters. The molecule has 0 amide bonds. The van der Waals surface area contributed by atoms with Crippen molar-refractivity contribution in [2.24, 2.45) is 11.8 Å². The molecule has 0 saturated carbocycles. The lowest BCUT2D eigenvalue weighted by molar-refractivity contribution is 0.0596. The Labute approximate surface area is 125 Å². The summed E-state index contributed by atoms with van der Waals surface area (Å²) in [5.74, 6) is 1.26. The number of hydrogen-bond acceptors (Lipinski definition) is 5. The first-order valence-corrected chi connectivity index (χ1v) is 8.65. The monoisotopic (exact) mass is 295 g/mol. The van der Waals surface area contributed by atoms with Gasteiger partial charge in [-0.05, 0) is 37.6 Å². The second kappa shape index (κ2) is 6.41. The number of hydrogen-bond donors (Lipinski definition) is 1. The average molecular weight is 295 g/mol. The zero-order valence-electron chi connectivity index (χ0n) is 12.2.